The third-order valence-electron chi connectivity index (χ3n) is 2.15. The Balaban J connectivity index is 2.66. The van der Waals surface area contributed by atoms with Gasteiger partial charge >= 0.3 is 0 Å². The highest BCUT2D eigenvalue weighted by atomic mass is 16.5. The molecule has 0 aliphatic rings. The monoisotopic (exact) mass is 204 g/mol. The quantitative estimate of drug-likeness (QED) is 0.592. The van der Waals surface area contributed by atoms with Crippen LogP contribution >= 0.6 is 0 Å². The number of anilines is 1. The molecule has 3 nitrogen and oxygen atoms in total. The van der Waals surface area contributed by atoms with E-state index in [4.69, 9.17) is 15.7 Å². The Hall–Kier alpha value is -1.69. The second-order valence-electron chi connectivity index (χ2n) is 3.40. The molecule has 0 aliphatic heterocycles. The van der Waals surface area contributed by atoms with Gasteiger partial charge in [-0.15, -0.1) is 0 Å². The zero-order chi connectivity index (χ0) is 11.1. The van der Waals surface area contributed by atoms with Crippen molar-refractivity contribution in [2.24, 2.45) is 0 Å². The highest BCUT2D eigenvalue weighted by Crippen LogP contribution is 2.20. The molecule has 0 aromatic heterocycles. The van der Waals surface area contributed by atoms with Crippen LogP contribution in [0.5, 0.6) is 5.75 Å². The topological polar surface area (TPSA) is 59.0 Å². The number of nitrogens with two attached hydrogens (primary N) is 1. The van der Waals surface area contributed by atoms with Crippen LogP contribution in [-0.2, 0) is 6.42 Å². The summed E-state index contributed by atoms with van der Waals surface area (Å²) in [5.74, 6) is 0.794. The highest BCUT2D eigenvalue weighted by Gasteiger charge is 2.01. The van der Waals surface area contributed by atoms with E-state index in [1.54, 1.807) is 6.07 Å². The summed E-state index contributed by atoms with van der Waals surface area (Å²) in [4.78, 5) is 0. The van der Waals surface area contributed by atoms with E-state index < -0.39 is 0 Å². The minimum atomic E-state index is 0.330. The van der Waals surface area contributed by atoms with Crippen LogP contribution in [0.1, 0.15) is 25.3 Å². The second kappa shape index (κ2) is 5.92. The number of hydrogen-bond acceptors (Lipinski definition) is 3. The Bertz CT molecular complexity index is 355. The average molecular weight is 204 g/mol. The summed E-state index contributed by atoms with van der Waals surface area (Å²) >= 11 is 0. The van der Waals surface area contributed by atoms with Gasteiger partial charge in [0.2, 0.25) is 0 Å². The van der Waals surface area contributed by atoms with E-state index in [-0.39, 0.29) is 0 Å². The lowest BCUT2D eigenvalue weighted by Crippen LogP contribution is -1.99. The van der Waals surface area contributed by atoms with Gasteiger partial charge in [0.05, 0.1) is 19.1 Å². The van der Waals surface area contributed by atoms with Gasteiger partial charge < -0.3 is 10.5 Å². The second-order valence-corrected chi connectivity index (χ2v) is 3.40. The lowest BCUT2D eigenvalue weighted by atomic mass is 10.1. The van der Waals surface area contributed by atoms with Crippen LogP contribution in [-0.4, -0.2) is 6.61 Å². The average Bonchev–Trinajstić information content (AvgIpc) is 2.23. The number of benzene rings is 1. The van der Waals surface area contributed by atoms with Crippen molar-refractivity contribution in [1.29, 1.82) is 5.26 Å². The molecule has 0 bridgehead atoms. The molecule has 2 N–H and O–H groups in total. The van der Waals surface area contributed by atoms with Crippen molar-refractivity contribution in [3.8, 4) is 11.8 Å². The highest BCUT2D eigenvalue weighted by molar-refractivity contribution is 5.51. The van der Waals surface area contributed by atoms with E-state index >= 15 is 0 Å². The maximum Gasteiger partial charge on any atom is 0.119 e. The fourth-order valence-corrected chi connectivity index (χ4v) is 1.24. The summed E-state index contributed by atoms with van der Waals surface area (Å²) < 4.78 is 5.52. The molecule has 15 heavy (non-hydrogen) atoms. The van der Waals surface area contributed by atoms with Crippen molar-refractivity contribution >= 4 is 5.69 Å². The zero-order valence-electron chi connectivity index (χ0n) is 8.99. The van der Waals surface area contributed by atoms with Crippen molar-refractivity contribution < 1.29 is 4.74 Å². The number of ether oxygens (including phenoxy) is 1. The van der Waals surface area contributed by atoms with Gasteiger partial charge in [0.15, 0.2) is 0 Å². The normalized spacial score (nSPS) is 9.60. The molecule has 1 aromatic carbocycles. The fraction of sp³-hybridized carbons (Fsp3) is 0.417. The van der Waals surface area contributed by atoms with E-state index in [0.717, 1.165) is 24.2 Å². The molecular weight excluding hydrogens is 188 g/mol. The van der Waals surface area contributed by atoms with Gasteiger partial charge in [0.1, 0.15) is 5.75 Å². The Morgan fingerprint density at radius 3 is 2.93 bits per heavy atom. The molecule has 0 unspecified atom stereocenters. The van der Waals surface area contributed by atoms with Gasteiger partial charge in [-0.05, 0) is 30.2 Å². The van der Waals surface area contributed by atoms with Gasteiger partial charge in [-0.3, -0.25) is 0 Å². The summed E-state index contributed by atoms with van der Waals surface area (Å²) in [6.07, 6.45) is 2.48. The number of nitriles is 1. The van der Waals surface area contributed by atoms with Crippen LogP contribution in [0.3, 0.4) is 0 Å². The Labute approximate surface area is 90.5 Å². The summed E-state index contributed by atoms with van der Waals surface area (Å²) in [6, 6.07) is 7.55. The van der Waals surface area contributed by atoms with Crippen molar-refractivity contribution in [1.82, 2.24) is 0 Å². The molecule has 0 saturated carbocycles. The lowest BCUT2D eigenvalue weighted by molar-refractivity contribution is 0.309. The van der Waals surface area contributed by atoms with Gasteiger partial charge in [0, 0.05) is 5.69 Å². The number of unbranched alkanes of at least 4 members (excludes halogenated alkanes) is 1. The SMILES string of the molecule is CCCCOc1ccc(N)c(CC#N)c1. The molecule has 0 spiro atoms. The largest absolute Gasteiger partial charge is 0.494 e. The van der Waals surface area contributed by atoms with Crippen molar-refractivity contribution in [2.45, 2.75) is 26.2 Å². The van der Waals surface area contributed by atoms with Crippen molar-refractivity contribution in [2.75, 3.05) is 12.3 Å². The first-order chi connectivity index (χ1) is 7.27. The Kier molecular flexibility index (Phi) is 4.49. The molecule has 0 radical (unpaired) electrons. The maximum absolute atomic E-state index is 8.60. The first kappa shape index (κ1) is 11.4. The van der Waals surface area contributed by atoms with E-state index in [1.165, 1.54) is 0 Å². The minimum Gasteiger partial charge on any atom is -0.494 e. The Morgan fingerprint density at radius 2 is 2.27 bits per heavy atom. The van der Waals surface area contributed by atoms with Gasteiger partial charge in [-0.25, -0.2) is 0 Å². The number of nitrogen functional groups attached to an aromatic ring is 1. The Morgan fingerprint density at radius 1 is 1.47 bits per heavy atom. The third kappa shape index (κ3) is 3.51. The van der Waals surface area contributed by atoms with E-state index in [9.17, 15) is 0 Å². The first-order valence-electron chi connectivity index (χ1n) is 5.16. The molecule has 0 heterocycles. The molecule has 1 rings (SSSR count). The summed E-state index contributed by atoms with van der Waals surface area (Å²) in [6.45, 7) is 2.83. The molecular formula is C12H16N2O. The summed E-state index contributed by atoms with van der Waals surface area (Å²) in [5, 5.41) is 8.60. The predicted molar refractivity (Wildman–Crippen MR) is 60.6 cm³/mol. The molecule has 3 heteroatoms. The standard InChI is InChI=1S/C12H16N2O/c1-2-3-8-15-11-4-5-12(14)10(9-11)6-7-13/h4-5,9H,2-3,6,8,14H2,1H3. The van der Waals surface area contributed by atoms with Crippen molar-refractivity contribution in [3.63, 3.8) is 0 Å². The first-order valence-corrected chi connectivity index (χ1v) is 5.16. The van der Waals surface area contributed by atoms with E-state index in [0.29, 0.717) is 18.7 Å². The van der Waals surface area contributed by atoms with Crippen molar-refractivity contribution in [3.05, 3.63) is 23.8 Å². The molecule has 0 amide bonds. The summed E-state index contributed by atoms with van der Waals surface area (Å²) in [5.41, 5.74) is 7.22. The van der Waals surface area contributed by atoms with Gasteiger partial charge in [-0.2, -0.15) is 5.26 Å². The zero-order valence-corrected chi connectivity index (χ0v) is 8.99. The molecule has 80 valence electrons. The number of rotatable bonds is 5. The lowest BCUT2D eigenvalue weighted by Gasteiger charge is -2.08. The van der Waals surface area contributed by atoms with Crippen LogP contribution < -0.4 is 10.5 Å². The van der Waals surface area contributed by atoms with E-state index in [2.05, 4.69) is 13.0 Å². The minimum absolute atomic E-state index is 0.330. The molecule has 0 fully saturated rings. The van der Waals surface area contributed by atoms with E-state index in [1.807, 2.05) is 12.1 Å². The van der Waals surface area contributed by atoms with Crippen LogP contribution in [0.2, 0.25) is 0 Å². The smallest absolute Gasteiger partial charge is 0.119 e. The molecule has 0 saturated heterocycles. The number of hydrogen-bond donors (Lipinski definition) is 1. The van der Waals surface area contributed by atoms with Gasteiger partial charge in [-0.1, -0.05) is 13.3 Å². The molecule has 1 aromatic rings. The summed E-state index contributed by atoms with van der Waals surface area (Å²) in [7, 11) is 0. The third-order valence-corrected chi connectivity index (χ3v) is 2.15. The number of nitrogens with zero attached hydrogens (tertiary/aromatic N) is 1. The molecule has 0 atom stereocenters. The van der Waals surface area contributed by atoms with Crippen LogP contribution in [0.4, 0.5) is 5.69 Å². The molecule has 0 aliphatic carbocycles. The predicted octanol–water partition coefficient (Wildman–Crippen LogP) is 2.51. The van der Waals surface area contributed by atoms with Crippen LogP contribution in [0.25, 0.3) is 0 Å². The van der Waals surface area contributed by atoms with Crippen LogP contribution in [0, 0.1) is 11.3 Å². The maximum atomic E-state index is 8.60. The van der Waals surface area contributed by atoms with Crippen LogP contribution in [0.15, 0.2) is 18.2 Å². The fourth-order valence-electron chi connectivity index (χ4n) is 1.24. The van der Waals surface area contributed by atoms with Gasteiger partial charge in [0.25, 0.3) is 0 Å².